The summed E-state index contributed by atoms with van der Waals surface area (Å²) in [7, 11) is 0. The number of hydrogen-bond acceptors (Lipinski definition) is 3. The molecule has 5 nitrogen and oxygen atoms in total. The van der Waals surface area contributed by atoms with Crippen LogP contribution in [0.3, 0.4) is 0 Å². The second-order valence-corrected chi connectivity index (χ2v) is 4.98. The lowest BCUT2D eigenvalue weighted by molar-refractivity contribution is -0.137. The Morgan fingerprint density at radius 2 is 2.18 bits per heavy atom. The third-order valence-corrected chi connectivity index (χ3v) is 3.58. The predicted octanol–water partition coefficient (Wildman–Crippen LogP) is 0.0926. The van der Waals surface area contributed by atoms with Gasteiger partial charge in [-0.25, -0.2) is 0 Å². The molecule has 0 aromatic carbocycles. The Kier molecular flexibility index (Phi) is 3.45. The SMILES string of the molecule is CC(=O)CC(=O)N1CCC2NC(=O)CCC2C1. The first-order valence-corrected chi connectivity index (χ1v) is 6.13. The van der Waals surface area contributed by atoms with Gasteiger partial charge in [-0.3, -0.25) is 14.4 Å². The van der Waals surface area contributed by atoms with E-state index in [-0.39, 0.29) is 30.1 Å². The molecule has 2 aliphatic heterocycles. The number of fused-ring (bicyclic) bond motifs is 1. The Balaban J connectivity index is 1.91. The molecule has 0 spiro atoms. The highest BCUT2D eigenvalue weighted by Gasteiger charge is 2.35. The van der Waals surface area contributed by atoms with Crippen molar-refractivity contribution in [3.8, 4) is 0 Å². The lowest BCUT2D eigenvalue weighted by Gasteiger charge is -2.41. The zero-order valence-corrected chi connectivity index (χ0v) is 10.1. The van der Waals surface area contributed by atoms with Crippen molar-refractivity contribution in [3.05, 3.63) is 0 Å². The number of Topliss-reactive ketones (excluding diaryl/α,β-unsaturated/α-hetero) is 1. The van der Waals surface area contributed by atoms with Gasteiger partial charge in [-0.1, -0.05) is 0 Å². The molecule has 5 heteroatoms. The van der Waals surface area contributed by atoms with Gasteiger partial charge in [0.2, 0.25) is 11.8 Å². The van der Waals surface area contributed by atoms with Crippen LogP contribution < -0.4 is 5.32 Å². The van der Waals surface area contributed by atoms with Crippen LogP contribution in [0.1, 0.15) is 32.6 Å². The molecule has 0 aromatic rings. The number of amides is 2. The number of carbonyl (C=O) groups is 3. The van der Waals surface area contributed by atoms with E-state index in [0.29, 0.717) is 25.4 Å². The number of nitrogens with zero attached hydrogens (tertiary/aromatic N) is 1. The first-order chi connectivity index (χ1) is 8.06. The molecule has 17 heavy (non-hydrogen) atoms. The van der Waals surface area contributed by atoms with Crippen molar-refractivity contribution in [3.63, 3.8) is 0 Å². The van der Waals surface area contributed by atoms with Crippen molar-refractivity contribution in [1.82, 2.24) is 10.2 Å². The summed E-state index contributed by atoms with van der Waals surface area (Å²) < 4.78 is 0. The highest BCUT2D eigenvalue weighted by molar-refractivity contribution is 5.96. The molecule has 2 unspecified atom stereocenters. The number of ketones is 1. The molecule has 2 aliphatic rings. The molecule has 2 atom stereocenters. The number of nitrogens with one attached hydrogen (secondary N) is 1. The van der Waals surface area contributed by atoms with Crippen LogP contribution in [-0.2, 0) is 14.4 Å². The number of hydrogen-bond donors (Lipinski definition) is 1. The molecule has 0 aromatic heterocycles. The van der Waals surface area contributed by atoms with Gasteiger partial charge in [0.25, 0.3) is 0 Å². The molecular formula is C12H18N2O3. The first-order valence-electron chi connectivity index (χ1n) is 6.13. The molecule has 0 saturated carbocycles. The van der Waals surface area contributed by atoms with Gasteiger partial charge < -0.3 is 10.2 Å². The van der Waals surface area contributed by atoms with E-state index in [2.05, 4.69) is 5.32 Å². The molecule has 0 radical (unpaired) electrons. The third-order valence-electron chi connectivity index (χ3n) is 3.58. The summed E-state index contributed by atoms with van der Waals surface area (Å²) >= 11 is 0. The van der Waals surface area contributed by atoms with E-state index in [9.17, 15) is 14.4 Å². The fraction of sp³-hybridized carbons (Fsp3) is 0.750. The van der Waals surface area contributed by atoms with Gasteiger partial charge in [0, 0.05) is 25.6 Å². The summed E-state index contributed by atoms with van der Waals surface area (Å²) in [6, 6.07) is 0.220. The topological polar surface area (TPSA) is 66.5 Å². The number of likely N-dealkylation sites (tertiary alicyclic amines) is 1. The van der Waals surface area contributed by atoms with Gasteiger partial charge in [0.05, 0.1) is 6.42 Å². The predicted molar refractivity (Wildman–Crippen MR) is 61.1 cm³/mol. The Bertz CT molecular complexity index is 354. The van der Waals surface area contributed by atoms with Crippen molar-refractivity contribution in [2.45, 2.75) is 38.6 Å². The Hall–Kier alpha value is -1.39. The van der Waals surface area contributed by atoms with Gasteiger partial charge in [-0.15, -0.1) is 0 Å². The van der Waals surface area contributed by atoms with Crippen molar-refractivity contribution >= 4 is 17.6 Å². The van der Waals surface area contributed by atoms with Gasteiger partial charge >= 0.3 is 0 Å². The van der Waals surface area contributed by atoms with Gasteiger partial charge in [-0.05, 0) is 25.7 Å². The minimum Gasteiger partial charge on any atom is -0.353 e. The fourth-order valence-corrected chi connectivity index (χ4v) is 2.66. The maximum Gasteiger partial charge on any atom is 0.230 e. The first kappa shape index (κ1) is 12.1. The van der Waals surface area contributed by atoms with Crippen LogP contribution in [0.5, 0.6) is 0 Å². The fourth-order valence-electron chi connectivity index (χ4n) is 2.66. The van der Waals surface area contributed by atoms with E-state index < -0.39 is 0 Å². The average molecular weight is 238 g/mol. The van der Waals surface area contributed by atoms with Crippen LogP contribution >= 0.6 is 0 Å². The summed E-state index contributed by atoms with van der Waals surface area (Å²) in [6.45, 7) is 2.76. The maximum atomic E-state index is 11.8. The summed E-state index contributed by atoms with van der Waals surface area (Å²) in [4.78, 5) is 35.7. The normalized spacial score (nSPS) is 28.3. The highest BCUT2D eigenvalue weighted by Crippen LogP contribution is 2.25. The van der Waals surface area contributed by atoms with E-state index >= 15 is 0 Å². The molecule has 2 saturated heterocycles. The minimum atomic E-state index is -0.0888. The number of carbonyl (C=O) groups excluding carboxylic acids is 3. The average Bonchev–Trinajstić information content (AvgIpc) is 2.27. The summed E-state index contributed by atoms with van der Waals surface area (Å²) in [5.74, 6) is 0.314. The molecule has 2 rings (SSSR count). The molecule has 2 heterocycles. The van der Waals surface area contributed by atoms with Crippen molar-refractivity contribution in [2.75, 3.05) is 13.1 Å². The van der Waals surface area contributed by atoms with Crippen molar-refractivity contribution < 1.29 is 14.4 Å². The minimum absolute atomic E-state index is 0.00372. The van der Waals surface area contributed by atoms with E-state index in [1.807, 2.05) is 0 Å². The lowest BCUT2D eigenvalue weighted by atomic mass is 9.85. The Morgan fingerprint density at radius 1 is 1.41 bits per heavy atom. The van der Waals surface area contributed by atoms with Gasteiger partial charge in [-0.2, -0.15) is 0 Å². The molecule has 2 fully saturated rings. The van der Waals surface area contributed by atoms with Crippen LogP contribution in [0.15, 0.2) is 0 Å². The molecular weight excluding hydrogens is 220 g/mol. The van der Waals surface area contributed by atoms with Crippen LogP contribution in [0.2, 0.25) is 0 Å². The monoisotopic (exact) mass is 238 g/mol. The molecule has 1 N–H and O–H groups in total. The molecule has 0 aliphatic carbocycles. The number of rotatable bonds is 2. The largest absolute Gasteiger partial charge is 0.353 e. The maximum absolute atomic E-state index is 11.8. The Labute approximate surface area is 101 Å². The van der Waals surface area contributed by atoms with E-state index in [4.69, 9.17) is 0 Å². The quantitative estimate of drug-likeness (QED) is 0.693. The molecule has 2 amide bonds. The zero-order chi connectivity index (χ0) is 12.4. The zero-order valence-electron chi connectivity index (χ0n) is 10.1. The van der Waals surface area contributed by atoms with Gasteiger partial charge in [0.1, 0.15) is 5.78 Å². The standard InChI is InChI=1S/C12H18N2O3/c1-8(15)6-12(17)14-5-4-10-9(7-14)2-3-11(16)13-10/h9-10H,2-7H2,1H3,(H,13,16). The summed E-state index contributed by atoms with van der Waals surface area (Å²) in [6.07, 6.45) is 2.21. The van der Waals surface area contributed by atoms with Crippen LogP contribution in [-0.4, -0.2) is 41.6 Å². The smallest absolute Gasteiger partial charge is 0.230 e. The van der Waals surface area contributed by atoms with E-state index in [1.54, 1.807) is 4.90 Å². The van der Waals surface area contributed by atoms with E-state index in [1.165, 1.54) is 6.92 Å². The number of piperidine rings is 2. The third kappa shape index (κ3) is 2.84. The molecule has 94 valence electrons. The summed E-state index contributed by atoms with van der Waals surface area (Å²) in [5.41, 5.74) is 0. The van der Waals surface area contributed by atoms with Crippen LogP contribution in [0.25, 0.3) is 0 Å². The van der Waals surface area contributed by atoms with Crippen LogP contribution in [0.4, 0.5) is 0 Å². The second kappa shape index (κ2) is 4.85. The highest BCUT2D eigenvalue weighted by atomic mass is 16.2. The Morgan fingerprint density at radius 3 is 2.88 bits per heavy atom. The molecule has 0 bridgehead atoms. The lowest BCUT2D eigenvalue weighted by Crippen LogP contribution is -2.55. The second-order valence-electron chi connectivity index (χ2n) is 4.98. The van der Waals surface area contributed by atoms with Crippen molar-refractivity contribution in [1.29, 1.82) is 0 Å². The van der Waals surface area contributed by atoms with E-state index in [0.717, 1.165) is 12.8 Å². The summed E-state index contributed by atoms with van der Waals surface area (Å²) in [5, 5.41) is 2.97. The van der Waals surface area contributed by atoms with Gasteiger partial charge in [0.15, 0.2) is 0 Å². The van der Waals surface area contributed by atoms with Crippen LogP contribution in [0, 0.1) is 5.92 Å². The van der Waals surface area contributed by atoms with Crippen molar-refractivity contribution in [2.24, 2.45) is 5.92 Å².